The molecular weight excluding hydrogens is 269 g/mol. The Labute approximate surface area is 83.7 Å². The van der Waals surface area contributed by atoms with E-state index in [1.807, 2.05) is 13.0 Å². The summed E-state index contributed by atoms with van der Waals surface area (Å²) in [5, 5.41) is 2.40. The molecule has 0 radical (unpaired) electrons. The van der Waals surface area contributed by atoms with Gasteiger partial charge in [0.2, 0.25) is 0 Å². The first-order valence-electron chi connectivity index (χ1n) is 3.29. The van der Waals surface area contributed by atoms with Crippen molar-refractivity contribution in [2.75, 3.05) is 5.32 Å². The first kappa shape index (κ1) is 9.24. The Hall–Kier alpha value is -0.850. The highest BCUT2D eigenvalue weighted by Crippen LogP contribution is 2.11. The van der Waals surface area contributed by atoms with Crippen LogP contribution in [0.1, 0.15) is 5.69 Å². The Kier molecular flexibility index (Phi) is 2.85. The zero-order chi connectivity index (χ0) is 9.14. The molecule has 0 saturated carbocycles. The fraction of sp³-hybridized carbons (Fsp3) is 0.143. The molecular formula is C7H8IN3O. The Morgan fingerprint density at radius 1 is 1.67 bits per heavy atom. The first-order valence-corrected chi connectivity index (χ1v) is 4.37. The summed E-state index contributed by atoms with van der Waals surface area (Å²) in [6.07, 6.45) is 0. The average molecular weight is 277 g/mol. The highest BCUT2D eigenvalue weighted by Gasteiger charge is 1.99. The number of anilines is 1. The predicted octanol–water partition coefficient (Wildman–Crippen LogP) is 1.49. The predicted molar refractivity (Wildman–Crippen MR) is 54.9 cm³/mol. The molecule has 1 aromatic heterocycles. The van der Waals surface area contributed by atoms with E-state index >= 15 is 0 Å². The third-order valence-corrected chi connectivity index (χ3v) is 2.41. The van der Waals surface area contributed by atoms with Gasteiger partial charge in [-0.1, -0.05) is 0 Å². The SMILES string of the molecule is Cc1nc(NC(N)=O)ccc1I. The summed E-state index contributed by atoms with van der Waals surface area (Å²) in [6, 6.07) is 2.98. The van der Waals surface area contributed by atoms with E-state index in [9.17, 15) is 4.79 Å². The molecule has 64 valence electrons. The number of carbonyl (C=O) groups is 1. The number of aryl methyl sites for hydroxylation is 1. The van der Waals surface area contributed by atoms with Crippen LogP contribution < -0.4 is 11.1 Å². The minimum Gasteiger partial charge on any atom is -0.351 e. The number of amides is 2. The molecule has 0 aliphatic rings. The first-order chi connectivity index (χ1) is 5.59. The van der Waals surface area contributed by atoms with Gasteiger partial charge in [0.25, 0.3) is 0 Å². The van der Waals surface area contributed by atoms with Crippen LogP contribution in [0.5, 0.6) is 0 Å². The van der Waals surface area contributed by atoms with Crippen LogP contribution in [0.25, 0.3) is 0 Å². The molecule has 0 saturated heterocycles. The maximum Gasteiger partial charge on any atom is 0.317 e. The van der Waals surface area contributed by atoms with E-state index in [-0.39, 0.29) is 0 Å². The van der Waals surface area contributed by atoms with Gasteiger partial charge in [-0.15, -0.1) is 0 Å². The second kappa shape index (κ2) is 3.70. The van der Waals surface area contributed by atoms with Gasteiger partial charge in [0.15, 0.2) is 0 Å². The van der Waals surface area contributed by atoms with Crippen molar-refractivity contribution in [3.05, 3.63) is 21.4 Å². The number of aromatic nitrogens is 1. The maximum absolute atomic E-state index is 10.4. The van der Waals surface area contributed by atoms with Crippen LogP contribution in [0.4, 0.5) is 10.6 Å². The smallest absolute Gasteiger partial charge is 0.317 e. The van der Waals surface area contributed by atoms with Gasteiger partial charge in [-0.2, -0.15) is 0 Å². The molecule has 5 heteroatoms. The number of rotatable bonds is 1. The van der Waals surface area contributed by atoms with E-state index in [1.165, 1.54) is 0 Å². The number of nitrogens with two attached hydrogens (primary N) is 1. The lowest BCUT2D eigenvalue weighted by atomic mass is 10.4. The zero-order valence-corrected chi connectivity index (χ0v) is 8.62. The van der Waals surface area contributed by atoms with Gasteiger partial charge in [0, 0.05) is 3.57 Å². The molecule has 12 heavy (non-hydrogen) atoms. The molecule has 0 atom stereocenters. The van der Waals surface area contributed by atoms with Gasteiger partial charge >= 0.3 is 6.03 Å². The van der Waals surface area contributed by atoms with Gasteiger partial charge in [0.05, 0.1) is 5.69 Å². The molecule has 1 rings (SSSR count). The lowest BCUT2D eigenvalue weighted by Crippen LogP contribution is -2.20. The van der Waals surface area contributed by atoms with Crippen LogP contribution in [0, 0.1) is 10.5 Å². The summed E-state index contributed by atoms with van der Waals surface area (Å²) in [5.74, 6) is 0.486. The number of urea groups is 1. The number of hydrogen-bond acceptors (Lipinski definition) is 2. The third kappa shape index (κ3) is 2.33. The lowest BCUT2D eigenvalue weighted by Gasteiger charge is -2.02. The number of pyridine rings is 1. The average Bonchev–Trinajstić information content (AvgIpc) is 1.96. The molecule has 0 aliphatic heterocycles. The standard InChI is InChI=1S/C7H8IN3O/c1-4-5(8)2-3-6(10-4)11-7(9)12/h2-3H,1H3,(H3,9,10,11,12). The van der Waals surface area contributed by atoms with Crippen LogP contribution in [-0.2, 0) is 0 Å². The normalized spacial score (nSPS) is 9.50. The summed E-state index contributed by atoms with van der Waals surface area (Å²) < 4.78 is 1.06. The van der Waals surface area contributed by atoms with E-state index in [4.69, 9.17) is 5.73 Å². The largest absolute Gasteiger partial charge is 0.351 e. The number of halogens is 1. The second-order valence-corrected chi connectivity index (χ2v) is 3.42. The molecule has 3 N–H and O–H groups in total. The molecule has 2 amide bonds. The Morgan fingerprint density at radius 3 is 2.83 bits per heavy atom. The van der Waals surface area contributed by atoms with Gasteiger partial charge in [-0.05, 0) is 41.6 Å². The molecule has 4 nitrogen and oxygen atoms in total. The van der Waals surface area contributed by atoms with Crippen molar-refractivity contribution in [2.24, 2.45) is 5.73 Å². The fourth-order valence-electron chi connectivity index (χ4n) is 0.740. The zero-order valence-electron chi connectivity index (χ0n) is 6.47. The number of nitrogens with zero attached hydrogens (tertiary/aromatic N) is 1. The highest BCUT2D eigenvalue weighted by molar-refractivity contribution is 14.1. The number of hydrogen-bond donors (Lipinski definition) is 2. The van der Waals surface area contributed by atoms with Crippen LogP contribution in [0.3, 0.4) is 0 Å². The van der Waals surface area contributed by atoms with Crippen molar-refractivity contribution in [3.63, 3.8) is 0 Å². The Bertz CT molecular complexity index is 314. The lowest BCUT2D eigenvalue weighted by molar-refractivity contribution is 0.259. The van der Waals surface area contributed by atoms with Gasteiger partial charge in [-0.25, -0.2) is 9.78 Å². The van der Waals surface area contributed by atoms with Gasteiger partial charge in [-0.3, -0.25) is 5.32 Å². The molecule has 0 bridgehead atoms. The molecule has 1 aromatic rings. The van der Waals surface area contributed by atoms with Gasteiger partial charge < -0.3 is 5.73 Å². The Morgan fingerprint density at radius 2 is 2.33 bits per heavy atom. The van der Waals surface area contributed by atoms with Crippen molar-refractivity contribution in [3.8, 4) is 0 Å². The van der Waals surface area contributed by atoms with E-state index < -0.39 is 6.03 Å². The molecule has 0 fully saturated rings. The van der Waals surface area contributed by atoms with Crippen LogP contribution in [0.15, 0.2) is 12.1 Å². The summed E-state index contributed by atoms with van der Waals surface area (Å²) in [5.41, 5.74) is 5.80. The summed E-state index contributed by atoms with van der Waals surface area (Å²) in [6.45, 7) is 1.87. The van der Waals surface area contributed by atoms with E-state index in [0.717, 1.165) is 9.26 Å². The van der Waals surface area contributed by atoms with E-state index in [0.29, 0.717) is 5.82 Å². The number of primary amides is 1. The van der Waals surface area contributed by atoms with Crippen molar-refractivity contribution < 1.29 is 4.79 Å². The van der Waals surface area contributed by atoms with Crippen LogP contribution in [0.2, 0.25) is 0 Å². The maximum atomic E-state index is 10.4. The molecule has 0 aromatic carbocycles. The summed E-state index contributed by atoms with van der Waals surface area (Å²) in [4.78, 5) is 14.5. The molecule has 0 aliphatic carbocycles. The molecule has 1 heterocycles. The van der Waals surface area contributed by atoms with Crippen molar-refractivity contribution in [1.29, 1.82) is 0 Å². The van der Waals surface area contributed by atoms with Crippen LogP contribution >= 0.6 is 22.6 Å². The second-order valence-electron chi connectivity index (χ2n) is 2.25. The number of carbonyl (C=O) groups excluding carboxylic acids is 1. The van der Waals surface area contributed by atoms with Crippen molar-refractivity contribution >= 4 is 34.4 Å². The minimum absolute atomic E-state index is 0.486. The topological polar surface area (TPSA) is 68.0 Å². The summed E-state index contributed by atoms with van der Waals surface area (Å²) >= 11 is 2.17. The molecule has 0 unspecified atom stereocenters. The Balaban J connectivity index is 2.89. The number of nitrogens with one attached hydrogen (secondary N) is 1. The highest BCUT2D eigenvalue weighted by atomic mass is 127. The van der Waals surface area contributed by atoms with Gasteiger partial charge in [0.1, 0.15) is 5.82 Å². The third-order valence-electron chi connectivity index (χ3n) is 1.27. The summed E-state index contributed by atoms with van der Waals surface area (Å²) in [7, 11) is 0. The van der Waals surface area contributed by atoms with Crippen molar-refractivity contribution in [1.82, 2.24) is 4.98 Å². The quantitative estimate of drug-likeness (QED) is 0.763. The fourth-order valence-corrected chi connectivity index (χ4v) is 1.04. The van der Waals surface area contributed by atoms with E-state index in [2.05, 4.69) is 32.9 Å². The minimum atomic E-state index is -0.594. The van der Waals surface area contributed by atoms with E-state index in [1.54, 1.807) is 6.07 Å². The molecule has 0 spiro atoms. The monoisotopic (exact) mass is 277 g/mol. The van der Waals surface area contributed by atoms with Crippen molar-refractivity contribution in [2.45, 2.75) is 6.92 Å². The van der Waals surface area contributed by atoms with Crippen LogP contribution in [-0.4, -0.2) is 11.0 Å².